The van der Waals surface area contributed by atoms with Crippen LogP contribution in [0.5, 0.6) is 0 Å². The lowest BCUT2D eigenvalue weighted by Gasteiger charge is -2.10. The summed E-state index contributed by atoms with van der Waals surface area (Å²) in [4.78, 5) is 0.228. The highest BCUT2D eigenvalue weighted by Gasteiger charge is 2.18. The van der Waals surface area contributed by atoms with Crippen molar-refractivity contribution in [2.24, 2.45) is 7.05 Å². The minimum atomic E-state index is -3.55. The third-order valence-corrected chi connectivity index (χ3v) is 6.24. The maximum Gasteiger partial charge on any atom is 0.241 e. The van der Waals surface area contributed by atoms with Gasteiger partial charge in [-0.1, -0.05) is 15.9 Å². The minimum absolute atomic E-state index is 0.228. The summed E-state index contributed by atoms with van der Waals surface area (Å²) in [6, 6.07) is 3.38. The lowest BCUT2D eigenvalue weighted by molar-refractivity contribution is 0.581. The number of aryl methyl sites for hydroxylation is 2. The molecule has 1 heterocycles. The Morgan fingerprint density at radius 1 is 1.29 bits per heavy atom. The lowest BCUT2D eigenvalue weighted by atomic mass is 10.2. The minimum Gasteiger partial charge on any atom is -0.276 e. The van der Waals surface area contributed by atoms with Gasteiger partial charge in [0.25, 0.3) is 0 Å². The second-order valence-electron chi connectivity index (χ2n) is 4.70. The smallest absolute Gasteiger partial charge is 0.241 e. The van der Waals surface area contributed by atoms with Gasteiger partial charge in [0.15, 0.2) is 0 Å². The van der Waals surface area contributed by atoms with E-state index in [0.29, 0.717) is 17.4 Å². The largest absolute Gasteiger partial charge is 0.276 e. The van der Waals surface area contributed by atoms with Crippen LogP contribution in [0.4, 0.5) is 0 Å². The van der Waals surface area contributed by atoms with Gasteiger partial charge in [0.2, 0.25) is 10.0 Å². The van der Waals surface area contributed by atoms with E-state index in [-0.39, 0.29) is 4.90 Å². The Bertz CT molecular complexity index is 757. The molecule has 114 valence electrons. The van der Waals surface area contributed by atoms with Gasteiger partial charge >= 0.3 is 0 Å². The molecule has 0 aliphatic heterocycles. The summed E-state index contributed by atoms with van der Waals surface area (Å²) in [5.74, 6) is 0. The Morgan fingerprint density at radius 2 is 2.00 bits per heavy atom. The van der Waals surface area contributed by atoms with Crippen LogP contribution in [-0.4, -0.2) is 24.7 Å². The fourth-order valence-corrected chi connectivity index (χ4v) is 4.55. The van der Waals surface area contributed by atoms with E-state index < -0.39 is 10.0 Å². The summed E-state index contributed by atoms with van der Waals surface area (Å²) in [7, 11) is -1.72. The first-order chi connectivity index (χ1) is 9.79. The molecule has 0 aliphatic rings. The zero-order valence-corrected chi connectivity index (χ0v) is 15.6. The van der Waals surface area contributed by atoms with Gasteiger partial charge in [0, 0.05) is 28.7 Å². The van der Waals surface area contributed by atoms with Crippen LogP contribution in [-0.2, 0) is 23.5 Å². The molecule has 8 heteroatoms. The van der Waals surface area contributed by atoms with Gasteiger partial charge < -0.3 is 0 Å². The molecule has 0 spiro atoms. The van der Waals surface area contributed by atoms with Crippen LogP contribution in [0.3, 0.4) is 0 Å². The van der Waals surface area contributed by atoms with Gasteiger partial charge in [-0.3, -0.25) is 4.68 Å². The van der Waals surface area contributed by atoms with Gasteiger partial charge in [0.05, 0.1) is 11.1 Å². The highest BCUT2D eigenvalue weighted by Crippen LogP contribution is 2.28. The number of halogens is 2. The molecule has 0 amide bonds. The standard InChI is InChI=1S/C13H15Br2N3O2S/c1-9-5-12(15)13(6-11(9)14)21(19,20)17-4-3-10-7-16-18(2)8-10/h5-8,17H,3-4H2,1-2H3. The lowest BCUT2D eigenvalue weighted by Crippen LogP contribution is -2.26. The summed E-state index contributed by atoms with van der Waals surface area (Å²) in [5.41, 5.74) is 1.96. The van der Waals surface area contributed by atoms with Crippen LogP contribution in [0, 0.1) is 6.92 Å². The Balaban J connectivity index is 2.10. The predicted molar refractivity (Wildman–Crippen MR) is 88.7 cm³/mol. The number of aromatic nitrogens is 2. The number of sulfonamides is 1. The van der Waals surface area contributed by atoms with Gasteiger partial charge in [-0.05, 0) is 52.5 Å². The van der Waals surface area contributed by atoms with Crippen molar-refractivity contribution in [1.29, 1.82) is 0 Å². The first-order valence-corrected chi connectivity index (χ1v) is 9.29. The predicted octanol–water partition coefficient (Wildman–Crippen LogP) is 2.77. The molecule has 0 saturated carbocycles. The Labute approximate surface area is 141 Å². The van der Waals surface area contributed by atoms with Crippen molar-refractivity contribution in [1.82, 2.24) is 14.5 Å². The summed E-state index contributed by atoms with van der Waals surface area (Å²) < 4.78 is 30.3. The van der Waals surface area contributed by atoms with Crippen molar-refractivity contribution in [3.63, 3.8) is 0 Å². The first-order valence-electron chi connectivity index (χ1n) is 6.22. The molecule has 1 aromatic carbocycles. The van der Waals surface area contributed by atoms with Crippen LogP contribution in [0.1, 0.15) is 11.1 Å². The van der Waals surface area contributed by atoms with E-state index in [1.807, 2.05) is 20.2 Å². The molecular formula is C13H15Br2N3O2S. The average Bonchev–Trinajstić information content (AvgIpc) is 2.79. The van der Waals surface area contributed by atoms with Gasteiger partial charge in [-0.2, -0.15) is 5.10 Å². The highest BCUT2D eigenvalue weighted by atomic mass is 79.9. The third-order valence-electron chi connectivity index (χ3n) is 2.97. The average molecular weight is 437 g/mol. The summed E-state index contributed by atoms with van der Waals surface area (Å²) >= 11 is 6.66. The first kappa shape index (κ1) is 16.7. The second-order valence-corrected chi connectivity index (χ2v) is 8.15. The molecule has 0 saturated heterocycles. The number of nitrogens with zero attached hydrogens (tertiary/aromatic N) is 2. The Kier molecular flexibility index (Phi) is 5.24. The monoisotopic (exact) mass is 435 g/mol. The molecule has 0 radical (unpaired) electrons. The summed E-state index contributed by atoms with van der Waals surface area (Å²) in [6.07, 6.45) is 4.19. The molecule has 21 heavy (non-hydrogen) atoms. The van der Waals surface area contributed by atoms with Gasteiger partial charge in [-0.15, -0.1) is 0 Å². The normalized spacial score (nSPS) is 11.8. The third kappa shape index (κ3) is 4.15. The van der Waals surface area contributed by atoms with Crippen LogP contribution in [0.25, 0.3) is 0 Å². The summed E-state index contributed by atoms with van der Waals surface area (Å²) in [6.45, 7) is 2.23. The molecule has 1 N–H and O–H groups in total. The molecule has 5 nitrogen and oxygen atoms in total. The van der Waals surface area contributed by atoms with Crippen LogP contribution in [0.2, 0.25) is 0 Å². The van der Waals surface area contributed by atoms with Crippen molar-refractivity contribution in [3.8, 4) is 0 Å². The maximum absolute atomic E-state index is 12.3. The number of hydrogen-bond donors (Lipinski definition) is 1. The van der Waals surface area contributed by atoms with E-state index in [1.54, 1.807) is 23.0 Å². The molecule has 0 aliphatic carbocycles. The van der Waals surface area contributed by atoms with Crippen molar-refractivity contribution in [2.45, 2.75) is 18.2 Å². The Hall–Kier alpha value is -0.700. The molecular weight excluding hydrogens is 422 g/mol. The van der Waals surface area contributed by atoms with E-state index in [1.165, 1.54) is 0 Å². The van der Waals surface area contributed by atoms with E-state index >= 15 is 0 Å². The zero-order valence-electron chi connectivity index (χ0n) is 11.6. The molecule has 2 rings (SSSR count). The fraction of sp³-hybridized carbons (Fsp3) is 0.308. The quantitative estimate of drug-likeness (QED) is 0.783. The topological polar surface area (TPSA) is 64.0 Å². The molecule has 0 fully saturated rings. The maximum atomic E-state index is 12.3. The SMILES string of the molecule is Cc1cc(Br)c(S(=O)(=O)NCCc2cnn(C)c2)cc1Br. The van der Waals surface area contributed by atoms with E-state index in [9.17, 15) is 8.42 Å². The molecule has 2 aromatic rings. The number of benzene rings is 1. The van der Waals surface area contributed by atoms with Crippen molar-refractivity contribution < 1.29 is 8.42 Å². The van der Waals surface area contributed by atoms with E-state index in [4.69, 9.17) is 0 Å². The Morgan fingerprint density at radius 3 is 2.62 bits per heavy atom. The zero-order chi connectivity index (χ0) is 15.6. The summed E-state index contributed by atoms with van der Waals surface area (Å²) in [5, 5.41) is 4.05. The number of nitrogens with one attached hydrogen (secondary N) is 1. The van der Waals surface area contributed by atoms with Gasteiger partial charge in [-0.25, -0.2) is 13.1 Å². The molecule has 0 unspecified atom stereocenters. The van der Waals surface area contributed by atoms with Crippen molar-refractivity contribution >= 4 is 41.9 Å². The number of hydrogen-bond acceptors (Lipinski definition) is 3. The van der Waals surface area contributed by atoms with E-state index in [2.05, 4.69) is 41.7 Å². The van der Waals surface area contributed by atoms with E-state index in [0.717, 1.165) is 15.6 Å². The van der Waals surface area contributed by atoms with Crippen molar-refractivity contribution in [3.05, 3.63) is 44.6 Å². The number of rotatable bonds is 5. The molecule has 0 atom stereocenters. The van der Waals surface area contributed by atoms with Crippen molar-refractivity contribution in [2.75, 3.05) is 6.54 Å². The van der Waals surface area contributed by atoms with Gasteiger partial charge in [0.1, 0.15) is 0 Å². The van der Waals surface area contributed by atoms with Crippen LogP contribution < -0.4 is 4.72 Å². The molecule has 1 aromatic heterocycles. The second kappa shape index (κ2) is 6.60. The van der Waals surface area contributed by atoms with Crippen LogP contribution in [0.15, 0.2) is 38.4 Å². The highest BCUT2D eigenvalue weighted by molar-refractivity contribution is 9.11. The van der Waals surface area contributed by atoms with Crippen LogP contribution >= 0.6 is 31.9 Å². The molecule has 0 bridgehead atoms. The fourth-order valence-electron chi connectivity index (χ4n) is 1.84.